The van der Waals surface area contributed by atoms with Crippen LogP contribution in [0.3, 0.4) is 0 Å². The Kier molecular flexibility index (Phi) is 6.52. The van der Waals surface area contributed by atoms with E-state index in [1.165, 1.54) is 17.0 Å². The first-order valence-electron chi connectivity index (χ1n) is 7.18. The van der Waals surface area contributed by atoms with Gasteiger partial charge in [-0.15, -0.1) is 0 Å². The maximum absolute atomic E-state index is 12.6. The SMILES string of the molecule is CC(=O)N(CC(=O)N(C)C[Si](C)C)S(=O)(=O)c1ccc(C)cc1. The molecule has 0 saturated carbocycles. The molecule has 0 saturated heterocycles. The average Bonchev–Trinajstić information content (AvgIpc) is 2.43. The summed E-state index contributed by atoms with van der Waals surface area (Å²) in [5.41, 5.74) is 0.912. The summed E-state index contributed by atoms with van der Waals surface area (Å²) in [6, 6.07) is 6.19. The predicted molar refractivity (Wildman–Crippen MR) is 90.9 cm³/mol. The highest BCUT2D eigenvalue weighted by Gasteiger charge is 2.30. The minimum atomic E-state index is -4.03. The lowest BCUT2D eigenvalue weighted by molar-refractivity contribution is -0.134. The van der Waals surface area contributed by atoms with E-state index in [-0.39, 0.29) is 10.8 Å². The summed E-state index contributed by atoms with van der Waals surface area (Å²) in [6.07, 6.45) is 0.597. The lowest BCUT2D eigenvalue weighted by Crippen LogP contribution is -2.45. The van der Waals surface area contributed by atoms with Crippen molar-refractivity contribution in [3.05, 3.63) is 29.8 Å². The van der Waals surface area contributed by atoms with Crippen LogP contribution in [0.2, 0.25) is 13.1 Å². The molecule has 127 valence electrons. The van der Waals surface area contributed by atoms with Crippen LogP contribution in [0, 0.1) is 6.92 Å². The number of sulfonamides is 1. The van der Waals surface area contributed by atoms with Crippen molar-refractivity contribution in [3.8, 4) is 0 Å². The van der Waals surface area contributed by atoms with Crippen LogP contribution in [0.15, 0.2) is 29.2 Å². The van der Waals surface area contributed by atoms with Crippen molar-refractivity contribution in [1.29, 1.82) is 0 Å². The van der Waals surface area contributed by atoms with Gasteiger partial charge in [-0.2, -0.15) is 0 Å². The van der Waals surface area contributed by atoms with Gasteiger partial charge in [0.15, 0.2) is 0 Å². The maximum atomic E-state index is 12.6. The molecule has 0 fully saturated rings. The Morgan fingerprint density at radius 3 is 2.09 bits per heavy atom. The number of hydrogen-bond donors (Lipinski definition) is 0. The van der Waals surface area contributed by atoms with Crippen LogP contribution < -0.4 is 0 Å². The van der Waals surface area contributed by atoms with Gasteiger partial charge in [-0.25, -0.2) is 12.7 Å². The molecular formula is C15H23N2O4SSi. The van der Waals surface area contributed by atoms with E-state index in [1.807, 2.05) is 6.92 Å². The van der Waals surface area contributed by atoms with Crippen molar-refractivity contribution in [3.63, 3.8) is 0 Å². The fourth-order valence-corrected chi connectivity index (χ4v) is 4.49. The van der Waals surface area contributed by atoms with E-state index < -0.39 is 31.3 Å². The summed E-state index contributed by atoms with van der Waals surface area (Å²) in [5, 5.41) is 0. The molecule has 0 aromatic heterocycles. The summed E-state index contributed by atoms with van der Waals surface area (Å²) in [5.74, 6) is -1.06. The lowest BCUT2D eigenvalue weighted by atomic mass is 10.2. The maximum Gasteiger partial charge on any atom is 0.266 e. The number of rotatable bonds is 6. The second-order valence-electron chi connectivity index (χ2n) is 5.80. The van der Waals surface area contributed by atoms with E-state index in [1.54, 1.807) is 19.2 Å². The zero-order valence-electron chi connectivity index (χ0n) is 14.2. The number of hydrogen-bond acceptors (Lipinski definition) is 4. The van der Waals surface area contributed by atoms with Crippen LogP contribution >= 0.6 is 0 Å². The smallest absolute Gasteiger partial charge is 0.266 e. The number of amides is 2. The molecule has 2 amide bonds. The van der Waals surface area contributed by atoms with Gasteiger partial charge in [-0.3, -0.25) is 9.59 Å². The van der Waals surface area contributed by atoms with Crippen LogP contribution in [0.25, 0.3) is 0 Å². The van der Waals surface area contributed by atoms with Crippen molar-refractivity contribution in [1.82, 2.24) is 9.21 Å². The first-order chi connectivity index (χ1) is 10.6. The minimum Gasteiger partial charge on any atom is -0.347 e. The highest BCUT2D eigenvalue weighted by Crippen LogP contribution is 2.16. The quantitative estimate of drug-likeness (QED) is 0.721. The van der Waals surface area contributed by atoms with E-state index >= 15 is 0 Å². The van der Waals surface area contributed by atoms with E-state index in [0.29, 0.717) is 10.5 Å². The molecular weight excluding hydrogens is 332 g/mol. The van der Waals surface area contributed by atoms with E-state index in [9.17, 15) is 18.0 Å². The molecule has 0 atom stereocenters. The first kappa shape index (κ1) is 19.4. The largest absolute Gasteiger partial charge is 0.347 e. The summed E-state index contributed by atoms with van der Waals surface area (Å²) < 4.78 is 25.8. The Bertz CT molecular complexity index is 671. The van der Waals surface area contributed by atoms with Gasteiger partial charge >= 0.3 is 0 Å². The van der Waals surface area contributed by atoms with Gasteiger partial charge in [0.05, 0.1) is 13.7 Å². The van der Waals surface area contributed by atoms with Crippen molar-refractivity contribution >= 4 is 30.6 Å². The molecule has 1 aromatic carbocycles. The van der Waals surface area contributed by atoms with Crippen molar-refractivity contribution in [2.24, 2.45) is 0 Å². The molecule has 0 heterocycles. The first-order valence-corrected chi connectivity index (χ1v) is 11.3. The third-order valence-electron chi connectivity index (χ3n) is 3.22. The van der Waals surface area contributed by atoms with Gasteiger partial charge in [0.1, 0.15) is 6.54 Å². The highest BCUT2D eigenvalue weighted by molar-refractivity contribution is 7.89. The van der Waals surface area contributed by atoms with E-state index in [2.05, 4.69) is 13.1 Å². The molecule has 1 aromatic rings. The summed E-state index contributed by atoms with van der Waals surface area (Å²) in [6.45, 7) is 6.62. The standard InChI is InChI=1S/C15H23N2O4SSi/c1-12-6-8-14(9-7-12)22(20,21)17(13(2)18)10-15(19)16(3)11-23(4)5/h6-9H,10-11H2,1-5H3. The molecule has 8 heteroatoms. The average molecular weight is 356 g/mol. The monoisotopic (exact) mass is 355 g/mol. The summed E-state index contributed by atoms with van der Waals surface area (Å²) in [7, 11) is -3.08. The molecule has 1 radical (unpaired) electrons. The molecule has 6 nitrogen and oxygen atoms in total. The summed E-state index contributed by atoms with van der Waals surface area (Å²) in [4.78, 5) is 25.5. The molecule has 0 N–H and O–H groups in total. The minimum absolute atomic E-state index is 0.00416. The summed E-state index contributed by atoms with van der Waals surface area (Å²) >= 11 is 0. The molecule has 0 aliphatic heterocycles. The van der Waals surface area contributed by atoms with Gasteiger partial charge < -0.3 is 4.90 Å². The third kappa shape index (κ3) is 5.17. The van der Waals surface area contributed by atoms with Gasteiger partial charge in [0.25, 0.3) is 10.0 Å². The Hall–Kier alpha value is -1.67. The normalized spacial score (nSPS) is 11.4. The molecule has 1 rings (SSSR count). The van der Waals surface area contributed by atoms with Crippen LogP contribution in [0.5, 0.6) is 0 Å². The molecule has 0 spiro atoms. The van der Waals surface area contributed by atoms with Gasteiger partial charge in [0.2, 0.25) is 11.8 Å². The number of benzene rings is 1. The van der Waals surface area contributed by atoms with Gasteiger partial charge in [0, 0.05) is 20.1 Å². The van der Waals surface area contributed by atoms with Crippen LogP contribution in [0.1, 0.15) is 12.5 Å². The topological polar surface area (TPSA) is 74.8 Å². The van der Waals surface area contributed by atoms with E-state index in [4.69, 9.17) is 0 Å². The Morgan fingerprint density at radius 2 is 1.65 bits per heavy atom. The van der Waals surface area contributed by atoms with Crippen molar-refractivity contribution in [2.75, 3.05) is 19.8 Å². The number of nitrogens with zero attached hydrogens (tertiary/aromatic N) is 2. The lowest BCUT2D eigenvalue weighted by Gasteiger charge is -2.24. The van der Waals surface area contributed by atoms with Crippen LogP contribution in [-0.2, 0) is 19.6 Å². The van der Waals surface area contributed by atoms with Gasteiger partial charge in [-0.05, 0) is 19.1 Å². The predicted octanol–water partition coefficient (Wildman–Crippen LogP) is 1.28. The Morgan fingerprint density at radius 1 is 1.13 bits per heavy atom. The third-order valence-corrected chi connectivity index (χ3v) is 6.16. The van der Waals surface area contributed by atoms with Crippen molar-refractivity contribution in [2.45, 2.75) is 31.8 Å². The second kappa shape index (κ2) is 7.74. The number of aryl methyl sites for hydroxylation is 1. The molecule has 0 unspecified atom stereocenters. The Labute approximate surface area is 139 Å². The second-order valence-corrected chi connectivity index (χ2v) is 10.4. The fourth-order valence-electron chi connectivity index (χ4n) is 2.01. The number of likely N-dealkylation sites (N-methyl/N-ethyl adjacent to an activating group) is 1. The number of carbonyl (C=O) groups excluding carboxylic acids is 2. The van der Waals surface area contributed by atoms with Crippen LogP contribution in [-0.4, -0.2) is 58.0 Å². The van der Waals surface area contributed by atoms with Crippen molar-refractivity contribution < 1.29 is 18.0 Å². The number of carbonyl (C=O) groups is 2. The molecule has 0 aliphatic carbocycles. The molecule has 0 bridgehead atoms. The van der Waals surface area contributed by atoms with E-state index in [0.717, 1.165) is 12.5 Å². The zero-order valence-corrected chi connectivity index (χ0v) is 16.0. The van der Waals surface area contributed by atoms with Gasteiger partial charge in [-0.1, -0.05) is 30.8 Å². The zero-order chi connectivity index (χ0) is 17.8. The fraction of sp³-hybridized carbons (Fsp3) is 0.467. The van der Waals surface area contributed by atoms with Crippen LogP contribution in [0.4, 0.5) is 0 Å². The highest BCUT2D eigenvalue weighted by atomic mass is 32.2. The Balaban J connectivity index is 3.04. The molecule has 23 heavy (non-hydrogen) atoms. The molecule has 0 aliphatic rings.